The minimum atomic E-state index is -4.27. The fraction of sp³-hybridized carbons (Fsp3) is 0.500. The van der Waals surface area contributed by atoms with Crippen LogP contribution in [0.3, 0.4) is 0 Å². The summed E-state index contributed by atoms with van der Waals surface area (Å²) in [6.45, 7) is 8.38. The SMILES string of the molecule is C=CC(NS(=O)(=O)O)[C@@H]1CN=C(c2cccs2)S[C@H](C)[C@H]1C. The van der Waals surface area contributed by atoms with Gasteiger partial charge in [-0.1, -0.05) is 26.0 Å². The predicted molar refractivity (Wildman–Crippen MR) is 94.1 cm³/mol. The summed E-state index contributed by atoms with van der Waals surface area (Å²) in [6.07, 6.45) is 1.53. The van der Waals surface area contributed by atoms with Crippen LogP contribution in [0.25, 0.3) is 0 Å². The Kier molecular flexibility index (Phi) is 5.84. The first-order valence-electron chi connectivity index (χ1n) is 6.94. The van der Waals surface area contributed by atoms with Crippen LogP contribution < -0.4 is 4.72 Å². The second kappa shape index (κ2) is 7.27. The van der Waals surface area contributed by atoms with Gasteiger partial charge in [-0.15, -0.1) is 29.7 Å². The fourth-order valence-electron chi connectivity index (χ4n) is 2.48. The Hall–Kier alpha value is -0.670. The molecule has 5 nitrogen and oxygen atoms in total. The molecule has 0 saturated heterocycles. The fourth-order valence-corrected chi connectivity index (χ4v) is 5.11. The van der Waals surface area contributed by atoms with E-state index in [1.54, 1.807) is 23.1 Å². The van der Waals surface area contributed by atoms with Crippen molar-refractivity contribution in [3.05, 3.63) is 35.0 Å². The molecule has 0 saturated carbocycles. The van der Waals surface area contributed by atoms with Gasteiger partial charge in [-0.2, -0.15) is 13.1 Å². The van der Waals surface area contributed by atoms with Crippen LogP contribution >= 0.6 is 23.1 Å². The van der Waals surface area contributed by atoms with Gasteiger partial charge in [0, 0.05) is 23.8 Å². The second-order valence-electron chi connectivity index (χ2n) is 5.32. The highest BCUT2D eigenvalue weighted by molar-refractivity contribution is 8.15. The topological polar surface area (TPSA) is 78.8 Å². The van der Waals surface area contributed by atoms with Crippen molar-refractivity contribution in [3.8, 4) is 0 Å². The van der Waals surface area contributed by atoms with Crippen molar-refractivity contribution in [1.82, 2.24) is 4.72 Å². The van der Waals surface area contributed by atoms with E-state index < -0.39 is 16.3 Å². The Labute approximate surface area is 139 Å². The number of nitrogens with one attached hydrogen (secondary N) is 1. The molecule has 22 heavy (non-hydrogen) atoms. The smallest absolute Gasteiger partial charge is 0.277 e. The maximum atomic E-state index is 11.1. The van der Waals surface area contributed by atoms with Crippen molar-refractivity contribution in [1.29, 1.82) is 0 Å². The molecule has 0 radical (unpaired) electrons. The Balaban J connectivity index is 2.25. The lowest BCUT2D eigenvalue weighted by atomic mass is 9.85. The second-order valence-corrected chi connectivity index (χ2v) is 8.82. The van der Waals surface area contributed by atoms with Crippen LogP contribution in [0.2, 0.25) is 0 Å². The number of nitrogens with zero attached hydrogens (tertiary/aromatic N) is 1. The first-order valence-corrected chi connectivity index (χ1v) is 10.1. The lowest BCUT2D eigenvalue weighted by Crippen LogP contribution is -2.43. The van der Waals surface area contributed by atoms with Crippen LogP contribution in [0.5, 0.6) is 0 Å². The van der Waals surface area contributed by atoms with Gasteiger partial charge in [0.2, 0.25) is 0 Å². The van der Waals surface area contributed by atoms with Crippen molar-refractivity contribution in [2.75, 3.05) is 6.54 Å². The van der Waals surface area contributed by atoms with E-state index in [9.17, 15) is 8.42 Å². The number of aliphatic imine (C=N–C) groups is 1. The Bertz CT molecular complexity index is 640. The summed E-state index contributed by atoms with van der Waals surface area (Å²) >= 11 is 3.35. The van der Waals surface area contributed by atoms with Crippen molar-refractivity contribution < 1.29 is 13.0 Å². The van der Waals surface area contributed by atoms with Crippen LogP contribution in [0.1, 0.15) is 18.7 Å². The van der Waals surface area contributed by atoms with Gasteiger partial charge in [0.15, 0.2) is 0 Å². The molecule has 1 aromatic rings. The number of thioether (sulfide) groups is 1. The molecule has 0 spiro atoms. The minimum Gasteiger partial charge on any atom is -0.277 e. The van der Waals surface area contributed by atoms with E-state index >= 15 is 0 Å². The quantitative estimate of drug-likeness (QED) is 0.625. The standard InChI is InChI=1S/C14H20N2O3S3/c1-4-12(16-22(17,18)19)11-8-15-14(13-6-5-7-20-13)21-10(3)9(11)2/h4-7,9-12,16H,1,8H2,2-3H3,(H,17,18,19)/t9-,10-,11-,12?/m1/s1. The van der Waals surface area contributed by atoms with E-state index in [4.69, 9.17) is 4.55 Å². The van der Waals surface area contributed by atoms with Gasteiger partial charge in [-0.3, -0.25) is 9.55 Å². The summed E-state index contributed by atoms with van der Waals surface area (Å²) in [5, 5.41) is 3.28. The summed E-state index contributed by atoms with van der Waals surface area (Å²) < 4.78 is 33.5. The lowest BCUT2D eigenvalue weighted by Gasteiger charge is -2.30. The molecule has 1 aromatic heterocycles. The summed E-state index contributed by atoms with van der Waals surface area (Å²) in [6, 6.07) is 3.49. The third kappa shape index (κ3) is 4.42. The van der Waals surface area contributed by atoms with E-state index in [1.165, 1.54) is 6.08 Å². The highest BCUT2D eigenvalue weighted by Gasteiger charge is 2.33. The van der Waals surface area contributed by atoms with Crippen LogP contribution in [0.4, 0.5) is 0 Å². The van der Waals surface area contributed by atoms with Gasteiger partial charge in [0.25, 0.3) is 0 Å². The van der Waals surface area contributed by atoms with Gasteiger partial charge in [-0.25, -0.2) is 0 Å². The number of hydrogen-bond donors (Lipinski definition) is 2. The van der Waals surface area contributed by atoms with E-state index in [0.29, 0.717) is 6.54 Å². The monoisotopic (exact) mass is 360 g/mol. The number of thiophene rings is 1. The van der Waals surface area contributed by atoms with Crippen LogP contribution in [-0.2, 0) is 10.3 Å². The highest BCUT2D eigenvalue weighted by Crippen LogP contribution is 2.35. The molecule has 1 unspecified atom stereocenters. The van der Waals surface area contributed by atoms with Crippen molar-refractivity contribution in [2.45, 2.75) is 25.1 Å². The van der Waals surface area contributed by atoms with E-state index in [1.807, 2.05) is 17.5 Å². The molecule has 0 amide bonds. The molecule has 122 valence electrons. The molecule has 0 bridgehead atoms. The first kappa shape index (κ1) is 17.7. The number of rotatable bonds is 5. The maximum absolute atomic E-state index is 11.1. The van der Waals surface area contributed by atoms with Crippen molar-refractivity contribution in [2.24, 2.45) is 16.8 Å². The molecule has 0 aliphatic carbocycles. The van der Waals surface area contributed by atoms with Crippen molar-refractivity contribution in [3.63, 3.8) is 0 Å². The van der Waals surface area contributed by atoms with Gasteiger partial charge in [0.1, 0.15) is 5.04 Å². The average Bonchev–Trinajstić information content (AvgIpc) is 2.92. The molecule has 1 aliphatic rings. The van der Waals surface area contributed by atoms with Crippen LogP contribution in [0.15, 0.2) is 35.2 Å². The molecule has 0 fully saturated rings. The molecular formula is C14H20N2O3S3. The molecule has 2 rings (SSSR count). The Morgan fingerprint density at radius 1 is 1.55 bits per heavy atom. The summed E-state index contributed by atoms with van der Waals surface area (Å²) in [4.78, 5) is 5.80. The summed E-state index contributed by atoms with van der Waals surface area (Å²) in [5.41, 5.74) is 0. The number of hydrogen-bond acceptors (Lipinski definition) is 5. The lowest BCUT2D eigenvalue weighted by molar-refractivity contribution is 0.318. The maximum Gasteiger partial charge on any atom is 0.333 e. The Morgan fingerprint density at radius 3 is 2.82 bits per heavy atom. The zero-order chi connectivity index (χ0) is 16.3. The third-order valence-corrected chi connectivity index (χ3v) is 6.84. The van der Waals surface area contributed by atoms with E-state index in [2.05, 4.69) is 30.1 Å². The Morgan fingerprint density at radius 2 is 2.27 bits per heavy atom. The molecule has 4 atom stereocenters. The average molecular weight is 361 g/mol. The van der Waals surface area contributed by atoms with Gasteiger partial charge in [0.05, 0.1) is 4.88 Å². The molecule has 2 N–H and O–H groups in total. The molecular weight excluding hydrogens is 340 g/mol. The minimum absolute atomic E-state index is 0.0561. The van der Waals surface area contributed by atoms with E-state index in [-0.39, 0.29) is 17.1 Å². The molecule has 2 heterocycles. The largest absolute Gasteiger partial charge is 0.333 e. The zero-order valence-corrected chi connectivity index (χ0v) is 14.9. The normalized spacial score (nSPS) is 27.8. The molecule has 8 heteroatoms. The summed E-state index contributed by atoms with van der Waals surface area (Å²) in [5.74, 6) is 0.155. The predicted octanol–water partition coefficient (Wildman–Crippen LogP) is 2.83. The summed E-state index contributed by atoms with van der Waals surface area (Å²) in [7, 11) is -4.27. The highest BCUT2D eigenvalue weighted by atomic mass is 32.2. The van der Waals surface area contributed by atoms with Crippen LogP contribution in [-0.4, -0.2) is 35.9 Å². The van der Waals surface area contributed by atoms with Gasteiger partial charge in [-0.05, 0) is 17.4 Å². The molecule has 0 aromatic carbocycles. The molecule has 1 aliphatic heterocycles. The first-order chi connectivity index (χ1) is 10.3. The zero-order valence-electron chi connectivity index (χ0n) is 12.5. The third-order valence-electron chi connectivity index (χ3n) is 3.89. The van der Waals surface area contributed by atoms with E-state index in [0.717, 1.165) is 9.92 Å². The van der Waals surface area contributed by atoms with Crippen LogP contribution in [0, 0.1) is 11.8 Å². The van der Waals surface area contributed by atoms with Gasteiger partial charge >= 0.3 is 10.3 Å². The van der Waals surface area contributed by atoms with Crippen molar-refractivity contribution >= 4 is 38.4 Å². The van der Waals surface area contributed by atoms with Gasteiger partial charge < -0.3 is 0 Å².